The zero-order chi connectivity index (χ0) is 15.0. The van der Waals surface area contributed by atoms with Gasteiger partial charge in [-0.1, -0.05) is 18.2 Å². The number of likely N-dealkylation sites (tertiary alicyclic amines) is 1. The summed E-state index contributed by atoms with van der Waals surface area (Å²) >= 11 is 0. The molecule has 0 spiro atoms. The van der Waals surface area contributed by atoms with Crippen molar-refractivity contribution in [3.63, 3.8) is 0 Å². The topological polar surface area (TPSA) is 43.4 Å². The van der Waals surface area contributed by atoms with Crippen molar-refractivity contribution in [3.8, 4) is 0 Å². The van der Waals surface area contributed by atoms with Crippen molar-refractivity contribution in [1.29, 1.82) is 0 Å². The first-order valence-electron chi connectivity index (χ1n) is 6.36. The van der Waals surface area contributed by atoms with Gasteiger partial charge in [-0.15, -0.1) is 0 Å². The Kier molecular flexibility index (Phi) is 5.54. The molecule has 1 aliphatic rings. The zero-order valence-electron chi connectivity index (χ0n) is 12.0. The van der Waals surface area contributed by atoms with Crippen LogP contribution in [0.3, 0.4) is 0 Å². The third kappa shape index (κ3) is 3.82. The molecule has 1 saturated heterocycles. The molecule has 1 atom stereocenters. The van der Waals surface area contributed by atoms with E-state index in [4.69, 9.17) is 0 Å². The normalized spacial score (nSPS) is 22.9. The van der Waals surface area contributed by atoms with Gasteiger partial charge in [-0.05, 0) is 37.9 Å². The van der Waals surface area contributed by atoms with E-state index in [0.29, 0.717) is 24.9 Å². The molecule has 0 bridgehead atoms. The fourth-order valence-corrected chi connectivity index (χ4v) is 2.57. The summed E-state index contributed by atoms with van der Waals surface area (Å²) in [6.07, 6.45) is -3.24. The molecule has 1 fully saturated rings. The van der Waals surface area contributed by atoms with E-state index in [0.717, 1.165) is 12.1 Å². The first-order valence-corrected chi connectivity index (χ1v) is 6.36. The van der Waals surface area contributed by atoms with Gasteiger partial charge in [0, 0.05) is 6.54 Å². The number of benzene rings is 1. The molecule has 1 heterocycles. The molecular weight excluding hydrogens is 278 g/mol. The van der Waals surface area contributed by atoms with E-state index < -0.39 is 23.2 Å². The number of halogens is 3. The second kappa shape index (κ2) is 6.43. The van der Waals surface area contributed by atoms with Crippen molar-refractivity contribution in [2.45, 2.75) is 38.0 Å². The molecule has 1 aromatic rings. The average molecular weight is 293 g/mol. The predicted molar refractivity (Wildman–Crippen MR) is 64.5 cm³/mol. The van der Waals surface area contributed by atoms with Crippen LogP contribution >= 0.6 is 0 Å². The first-order chi connectivity index (χ1) is 9.23. The van der Waals surface area contributed by atoms with Crippen LogP contribution in [0.15, 0.2) is 24.3 Å². The molecule has 3 nitrogen and oxygen atoms in total. The number of alkyl halides is 3. The van der Waals surface area contributed by atoms with Gasteiger partial charge in [0.1, 0.15) is 0 Å². The number of carboxylic acids is 1. The Morgan fingerprint density at radius 1 is 1.43 bits per heavy atom. The summed E-state index contributed by atoms with van der Waals surface area (Å²) in [6.45, 7) is 2.28. The monoisotopic (exact) mass is 293 g/mol. The second-order valence-electron chi connectivity index (χ2n) is 5.28. The Morgan fingerprint density at radius 2 is 2.10 bits per heavy atom. The standard InChI is InChI=1S/C14H16F3NO2.Li/c1-13(12(19)20)6-3-7-18(13)9-10-4-2-5-11(8-10)14(15,16)17;/h2,4-5,8H,3,6-7,9H2,1H3,(H,19,20);/q;+1/p-1/t13-;/m1./s1. The fraction of sp³-hybridized carbons (Fsp3) is 0.500. The molecule has 0 aliphatic carbocycles. The van der Waals surface area contributed by atoms with E-state index in [1.54, 1.807) is 17.9 Å². The minimum absolute atomic E-state index is 0. The molecule has 0 N–H and O–H groups in total. The molecule has 110 valence electrons. The van der Waals surface area contributed by atoms with Gasteiger partial charge in [-0.25, -0.2) is 0 Å². The van der Waals surface area contributed by atoms with Crippen molar-refractivity contribution in [2.75, 3.05) is 6.54 Å². The van der Waals surface area contributed by atoms with Gasteiger partial charge < -0.3 is 9.90 Å². The van der Waals surface area contributed by atoms with Crippen molar-refractivity contribution >= 4 is 5.97 Å². The summed E-state index contributed by atoms with van der Waals surface area (Å²) in [5.74, 6) is -1.18. The van der Waals surface area contributed by atoms with E-state index in [1.807, 2.05) is 0 Å². The molecule has 0 amide bonds. The number of hydrogen-bond acceptors (Lipinski definition) is 3. The Bertz CT molecular complexity index is 521. The smallest absolute Gasteiger partial charge is 0.548 e. The van der Waals surface area contributed by atoms with Crippen LogP contribution in [-0.4, -0.2) is 23.0 Å². The summed E-state index contributed by atoms with van der Waals surface area (Å²) in [4.78, 5) is 12.9. The summed E-state index contributed by atoms with van der Waals surface area (Å²) in [6, 6.07) is 4.98. The summed E-state index contributed by atoms with van der Waals surface area (Å²) in [5.41, 5.74) is -1.37. The number of hydrogen-bond donors (Lipinski definition) is 0. The number of carbonyl (C=O) groups excluding carboxylic acids is 1. The molecule has 0 radical (unpaired) electrons. The Morgan fingerprint density at radius 3 is 2.67 bits per heavy atom. The van der Waals surface area contributed by atoms with E-state index >= 15 is 0 Å². The van der Waals surface area contributed by atoms with Crippen molar-refractivity contribution in [1.82, 2.24) is 4.90 Å². The van der Waals surface area contributed by atoms with Crippen LogP contribution in [0, 0.1) is 0 Å². The summed E-state index contributed by atoms with van der Waals surface area (Å²) in [5, 5.41) is 11.2. The summed E-state index contributed by atoms with van der Waals surface area (Å²) in [7, 11) is 0. The van der Waals surface area contributed by atoms with Gasteiger partial charge in [0.2, 0.25) is 0 Å². The van der Waals surface area contributed by atoms with Gasteiger partial charge >= 0.3 is 25.0 Å². The van der Waals surface area contributed by atoms with Crippen LogP contribution in [0.1, 0.15) is 30.9 Å². The molecule has 1 aliphatic heterocycles. The number of carboxylic acid groups (broad SMARTS) is 1. The number of rotatable bonds is 3. The molecule has 2 rings (SSSR count). The van der Waals surface area contributed by atoms with Crippen LogP contribution in [-0.2, 0) is 17.5 Å². The van der Waals surface area contributed by atoms with E-state index in [1.165, 1.54) is 6.07 Å². The third-order valence-electron chi connectivity index (χ3n) is 3.86. The molecule has 7 heteroatoms. The van der Waals surface area contributed by atoms with E-state index in [9.17, 15) is 23.1 Å². The minimum Gasteiger partial charge on any atom is -0.548 e. The maximum Gasteiger partial charge on any atom is 1.00 e. The summed E-state index contributed by atoms with van der Waals surface area (Å²) < 4.78 is 37.9. The quantitative estimate of drug-likeness (QED) is 0.659. The van der Waals surface area contributed by atoms with Gasteiger partial charge in [0.05, 0.1) is 17.1 Å². The predicted octanol–water partition coefficient (Wildman–Crippen LogP) is -1.19. The molecule has 21 heavy (non-hydrogen) atoms. The van der Waals surface area contributed by atoms with Crippen LogP contribution in [0.4, 0.5) is 13.2 Å². The fourth-order valence-electron chi connectivity index (χ4n) is 2.57. The van der Waals surface area contributed by atoms with Crippen LogP contribution in [0.25, 0.3) is 0 Å². The van der Waals surface area contributed by atoms with Crippen LogP contribution in [0.5, 0.6) is 0 Å². The molecular formula is C14H15F3LiNO2. The second-order valence-corrected chi connectivity index (χ2v) is 5.28. The maximum atomic E-state index is 12.6. The van der Waals surface area contributed by atoms with E-state index in [2.05, 4.69) is 0 Å². The van der Waals surface area contributed by atoms with E-state index in [-0.39, 0.29) is 25.4 Å². The molecule has 1 aromatic carbocycles. The molecule has 0 unspecified atom stereocenters. The van der Waals surface area contributed by atoms with Gasteiger partial charge in [0.15, 0.2) is 0 Å². The Hall–Kier alpha value is -0.963. The van der Waals surface area contributed by atoms with Crippen molar-refractivity contribution in [3.05, 3.63) is 35.4 Å². The Labute approximate surface area is 133 Å². The number of aliphatic carboxylic acids is 1. The average Bonchev–Trinajstić information content (AvgIpc) is 2.72. The van der Waals surface area contributed by atoms with Gasteiger partial charge in [0.25, 0.3) is 0 Å². The largest absolute Gasteiger partial charge is 1.00 e. The first kappa shape index (κ1) is 18.1. The Balaban J connectivity index is 0.00000220. The third-order valence-corrected chi connectivity index (χ3v) is 3.86. The molecule has 0 aromatic heterocycles. The van der Waals surface area contributed by atoms with Crippen LogP contribution in [0.2, 0.25) is 0 Å². The zero-order valence-corrected chi connectivity index (χ0v) is 12.0. The number of nitrogens with zero attached hydrogens (tertiary/aromatic N) is 1. The van der Waals surface area contributed by atoms with Gasteiger partial charge in [-0.3, -0.25) is 4.90 Å². The minimum atomic E-state index is -4.39. The molecule has 0 saturated carbocycles. The SMILES string of the molecule is C[C@]1(C(=O)[O-])CCCN1Cc1cccc(C(F)(F)F)c1.[Li+]. The maximum absolute atomic E-state index is 12.6. The van der Waals surface area contributed by atoms with Crippen molar-refractivity contribution < 1.29 is 41.9 Å². The van der Waals surface area contributed by atoms with Crippen LogP contribution < -0.4 is 24.0 Å². The van der Waals surface area contributed by atoms with Gasteiger partial charge in [-0.2, -0.15) is 13.2 Å². The van der Waals surface area contributed by atoms with Crippen molar-refractivity contribution in [2.24, 2.45) is 0 Å². The number of carbonyl (C=O) groups is 1.